The molecule has 186 valence electrons. The summed E-state index contributed by atoms with van der Waals surface area (Å²) in [6.07, 6.45) is 9.67. The summed E-state index contributed by atoms with van der Waals surface area (Å²) in [7, 11) is 0. The molecule has 7 rings (SSSR count). The lowest BCUT2D eigenvalue weighted by atomic mass is 9.94. The lowest BCUT2D eigenvalue weighted by molar-refractivity contribution is 0.668. The van der Waals surface area contributed by atoms with Gasteiger partial charge in [-0.1, -0.05) is 84.9 Å². The quantitative estimate of drug-likeness (QED) is 0.250. The molecule has 0 aliphatic heterocycles. The minimum atomic E-state index is 1.08. The molecule has 2 aliphatic carbocycles. The number of pyridine rings is 2. The summed E-state index contributed by atoms with van der Waals surface area (Å²) in [6, 6.07) is 35.5. The minimum absolute atomic E-state index is 1.08. The predicted molar refractivity (Wildman–Crippen MR) is 157 cm³/mol. The van der Waals surface area contributed by atoms with Gasteiger partial charge in [0.25, 0.3) is 0 Å². The minimum Gasteiger partial charge on any atom is -0.253 e. The van der Waals surface area contributed by atoms with Gasteiger partial charge in [0.1, 0.15) is 0 Å². The van der Waals surface area contributed by atoms with Crippen LogP contribution in [-0.4, -0.2) is 9.97 Å². The normalized spacial score (nSPS) is 14.5. The molecule has 0 atom stereocenters. The summed E-state index contributed by atoms with van der Waals surface area (Å²) in [6.45, 7) is 0. The Morgan fingerprint density at radius 2 is 0.632 bits per heavy atom. The average molecular weight is 493 g/mol. The Balaban J connectivity index is 1.07. The zero-order valence-electron chi connectivity index (χ0n) is 21.8. The van der Waals surface area contributed by atoms with Crippen molar-refractivity contribution in [2.24, 2.45) is 0 Å². The fourth-order valence-corrected chi connectivity index (χ4v) is 6.01. The lowest BCUT2D eigenvalue weighted by Gasteiger charge is -2.15. The number of aryl methyl sites for hydroxylation is 4. The first kappa shape index (κ1) is 23.1. The van der Waals surface area contributed by atoms with E-state index < -0.39 is 0 Å². The Bertz CT molecular complexity index is 1460. The number of benzene rings is 3. The van der Waals surface area contributed by atoms with Gasteiger partial charge in [-0.05, 0) is 96.9 Å². The molecule has 2 aliphatic rings. The summed E-state index contributed by atoms with van der Waals surface area (Å²) in [5.74, 6) is 0. The molecule has 2 aromatic heterocycles. The average Bonchev–Trinajstić information content (AvgIpc) is 3.01. The van der Waals surface area contributed by atoms with Gasteiger partial charge in [0, 0.05) is 22.5 Å². The van der Waals surface area contributed by atoms with Gasteiger partial charge in [0.2, 0.25) is 0 Å². The highest BCUT2D eigenvalue weighted by Gasteiger charge is 2.13. The van der Waals surface area contributed by atoms with E-state index in [-0.39, 0.29) is 0 Å². The molecule has 2 nitrogen and oxygen atoms in total. The summed E-state index contributed by atoms with van der Waals surface area (Å²) < 4.78 is 0. The van der Waals surface area contributed by atoms with Crippen LogP contribution >= 0.6 is 0 Å². The fourth-order valence-electron chi connectivity index (χ4n) is 6.01. The first-order chi connectivity index (χ1) is 18.8. The molecule has 0 N–H and O–H groups in total. The summed E-state index contributed by atoms with van der Waals surface area (Å²) >= 11 is 0. The van der Waals surface area contributed by atoms with E-state index in [1.54, 1.807) is 0 Å². The van der Waals surface area contributed by atoms with Gasteiger partial charge in [-0.3, -0.25) is 9.97 Å². The van der Waals surface area contributed by atoms with E-state index in [0.717, 1.165) is 24.2 Å². The number of nitrogens with zero attached hydrogens (tertiary/aromatic N) is 2. The van der Waals surface area contributed by atoms with E-state index in [0.29, 0.717) is 0 Å². The Labute approximate surface area is 225 Å². The van der Waals surface area contributed by atoms with Gasteiger partial charge in [-0.15, -0.1) is 0 Å². The second kappa shape index (κ2) is 10.0. The first-order valence-corrected chi connectivity index (χ1v) is 14.1. The molecule has 0 fully saturated rings. The van der Waals surface area contributed by atoms with E-state index in [4.69, 9.17) is 9.97 Å². The third kappa shape index (κ3) is 4.56. The van der Waals surface area contributed by atoms with Crippen LogP contribution in [0.15, 0.2) is 97.1 Å². The van der Waals surface area contributed by atoms with E-state index in [1.807, 2.05) is 0 Å². The van der Waals surface area contributed by atoms with Gasteiger partial charge in [-0.25, -0.2) is 0 Å². The molecular weight excluding hydrogens is 460 g/mol. The molecule has 0 amide bonds. The highest BCUT2D eigenvalue weighted by atomic mass is 14.7. The second-order valence-corrected chi connectivity index (χ2v) is 10.8. The Hall–Kier alpha value is -4.04. The largest absolute Gasteiger partial charge is 0.253 e. The summed E-state index contributed by atoms with van der Waals surface area (Å²) in [5.41, 5.74) is 14.9. The predicted octanol–water partition coefficient (Wildman–Crippen LogP) is 8.90. The molecule has 2 heteroatoms. The van der Waals surface area contributed by atoms with E-state index in [2.05, 4.69) is 97.1 Å². The number of fused-ring (bicyclic) bond motifs is 2. The van der Waals surface area contributed by atoms with Crippen LogP contribution < -0.4 is 0 Å². The van der Waals surface area contributed by atoms with Crippen LogP contribution in [0.25, 0.3) is 44.8 Å². The first-order valence-electron chi connectivity index (χ1n) is 14.1. The molecule has 2 heterocycles. The Kier molecular flexibility index (Phi) is 6.09. The van der Waals surface area contributed by atoms with Crippen LogP contribution in [-0.2, 0) is 25.7 Å². The molecule has 0 saturated carbocycles. The van der Waals surface area contributed by atoms with Crippen molar-refractivity contribution in [3.05, 3.63) is 120 Å². The standard InChI is InChI=1S/C36H32N2/c1-3-7-33-29(5-1)21-23-35(37-33)31-17-13-27(14-18-31)25-9-11-26(12-10-25)28-15-19-32(20-16-28)36-24-22-30-6-2-4-8-34(30)38-36/h9-24H,1-8H2. The molecule has 3 aromatic carbocycles. The van der Waals surface area contributed by atoms with Gasteiger partial charge in [0.15, 0.2) is 0 Å². The molecule has 38 heavy (non-hydrogen) atoms. The van der Waals surface area contributed by atoms with Crippen LogP contribution in [0.4, 0.5) is 0 Å². The maximum atomic E-state index is 4.97. The van der Waals surface area contributed by atoms with Crippen LogP contribution in [0.5, 0.6) is 0 Å². The van der Waals surface area contributed by atoms with Crippen molar-refractivity contribution in [2.45, 2.75) is 51.4 Å². The molecule has 0 bridgehead atoms. The monoisotopic (exact) mass is 492 g/mol. The van der Waals surface area contributed by atoms with Gasteiger partial charge < -0.3 is 0 Å². The Morgan fingerprint density at radius 1 is 0.316 bits per heavy atom. The van der Waals surface area contributed by atoms with Crippen LogP contribution in [0.2, 0.25) is 0 Å². The molecule has 0 spiro atoms. The third-order valence-electron chi connectivity index (χ3n) is 8.27. The van der Waals surface area contributed by atoms with Crippen molar-refractivity contribution in [3.63, 3.8) is 0 Å². The number of hydrogen-bond donors (Lipinski definition) is 0. The van der Waals surface area contributed by atoms with Crippen molar-refractivity contribution in [3.8, 4) is 44.8 Å². The van der Waals surface area contributed by atoms with Gasteiger partial charge in [-0.2, -0.15) is 0 Å². The fraction of sp³-hybridized carbons (Fsp3) is 0.222. The molecular formula is C36H32N2. The maximum absolute atomic E-state index is 4.97. The van der Waals surface area contributed by atoms with E-state index >= 15 is 0 Å². The highest BCUT2D eigenvalue weighted by Crippen LogP contribution is 2.30. The summed E-state index contributed by atoms with van der Waals surface area (Å²) in [5, 5.41) is 0. The molecule has 0 saturated heterocycles. The van der Waals surface area contributed by atoms with E-state index in [9.17, 15) is 0 Å². The van der Waals surface area contributed by atoms with Crippen molar-refractivity contribution >= 4 is 0 Å². The topological polar surface area (TPSA) is 25.8 Å². The van der Waals surface area contributed by atoms with Crippen LogP contribution in [0.3, 0.4) is 0 Å². The van der Waals surface area contributed by atoms with Crippen LogP contribution in [0.1, 0.15) is 48.2 Å². The SMILES string of the molecule is c1cc(-c2ccc(-c3ccc4c(n3)CCCC4)cc2)ccc1-c1ccc(-c2ccc3c(n2)CCCC3)cc1. The van der Waals surface area contributed by atoms with Crippen LogP contribution in [0, 0.1) is 0 Å². The number of rotatable bonds is 4. The zero-order chi connectivity index (χ0) is 25.3. The molecule has 0 radical (unpaired) electrons. The smallest absolute Gasteiger partial charge is 0.0705 e. The van der Waals surface area contributed by atoms with E-state index in [1.165, 1.54) is 94.4 Å². The molecule has 0 unspecified atom stereocenters. The highest BCUT2D eigenvalue weighted by molar-refractivity contribution is 5.74. The van der Waals surface area contributed by atoms with Crippen molar-refractivity contribution < 1.29 is 0 Å². The third-order valence-corrected chi connectivity index (χ3v) is 8.27. The van der Waals surface area contributed by atoms with Crippen molar-refractivity contribution in [1.29, 1.82) is 0 Å². The molecule has 5 aromatic rings. The zero-order valence-corrected chi connectivity index (χ0v) is 21.8. The maximum Gasteiger partial charge on any atom is 0.0705 e. The van der Waals surface area contributed by atoms with Crippen molar-refractivity contribution in [2.75, 3.05) is 0 Å². The van der Waals surface area contributed by atoms with Crippen molar-refractivity contribution in [1.82, 2.24) is 9.97 Å². The number of hydrogen-bond acceptors (Lipinski definition) is 2. The van der Waals surface area contributed by atoms with Gasteiger partial charge >= 0.3 is 0 Å². The lowest BCUT2D eigenvalue weighted by Crippen LogP contribution is -2.05. The second-order valence-electron chi connectivity index (χ2n) is 10.8. The number of aromatic nitrogens is 2. The Morgan fingerprint density at radius 3 is 1.00 bits per heavy atom. The summed E-state index contributed by atoms with van der Waals surface area (Å²) in [4.78, 5) is 9.94. The van der Waals surface area contributed by atoms with Gasteiger partial charge in [0.05, 0.1) is 11.4 Å².